The van der Waals surface area contributed by atoms with Crippen LogP contribution in [0.5, 0.6) is 0 Å². The first-order chi connectivity index (χ1) is 7.67. The molecule has 0 spiro atoms. The first kappa shape index (κ1) is 13.2. The van der Waals surface area contributed by atoms with E-state index in [1.54, 1.807) is 7.05 Å². The average Bonchev–Trinajstić information content (AvgIpc) is 2.28. The lowest BCUT2D eigenvalue weighted by Crippen LogP contribution is -2.43. The molecule has 16 heavy (non-hydrogen) atoms. The Bertz CT molecular complexity index is 253. The fourth-order valence-electron chi connectivity index (χ4n) is 2.24. The molecule has 0 bridgehead atoms. The molecule has 1 saturated heterocycles. The van der Waals surface area contributed by atoms with Gasteiger partial charge in [-0.15, -0.1) is 0 Å². The van der Waals surface area contributed by atoms with Crippen molar-refractivity contribution in [1.82, 2.24) is 15.5 Å². The van der Waals surface area contributed by atoms with Gasteiger partial charge in [0.05, 0.1) is 5.92 Å². The summed E-state index contributed by atoms with van der Waals surface area (Å²) >= 11 is 0. The summed E-state index contributed by atoms with van der Waals surface area (Å²) in [5.74, 6) is 0.324. The summed E-state index contributed by atoms with van der Waals surface area (Å²) in [6.07, 6.45) is 2.11. The van der Waals surface area contributed by atoms with E-state index in [4.69, 9.17) is 0 Å². The van der Waals surface area contributed by atoms with E-state index in [0.29, 0.717) is 0 Å². The van der Waals surface area contributed by atoms with Gasteiger partial charge < -0.3 is 10.6 Å². The van der Waals surface area contributed by atoms with Crippen LogP contribution in [-0.2, 0) is 4.79 Å². The van der Waals surface area contributed by atoms with Crippen LogP contribution in [0.15, 0.2) is 12.2 Å². The standard InChI is InChI=1S/C12H23N3O/c1-10(7-13-2)8-15-6-4-5-11(9-15)12(16)14-3/h11,13H,1,4-9H2,2-3H3,(H,14,16). The molecular weight excluding hydrogens is 202 g/mol. The number of hydrogen-bond acceptors (Lipinski definition) is 3. The van der Waals surface area contributed by atoms with E-state index in [1.807, 2.05) is 7.05 Å². The highest BCUT2D eigenvalue weighted by molar-refractivity contribution is 5.78. The number of nitrogens with one attached hydrogen (secondary N) is 2. The van der Waals surface area contributed by atoms with Crippen LogP contribution in [0, 0.1) is 5.92 Å². The van der Waals surface area contributed by atoms with Crippen molar-refractivity contribution in [3.63, 3.8) is 0 Å². The van der Waals surface area contributed by atoms with Crippen molar-refractivity contribution in [1.29, 1.82) is 0 Å². The van der Waals surface area contributed by atoms with E-state index in [1.165, 1.54) is 5.57 Å². The number of likely N-dealkylation sites (N-methyl/N-ethyl adjacent to an activating group) is 1. The molecule has 1 heterocycles. The van der Waals surface area contributed by atoms with E-state index in [2.05, 4.69) is 22.1 Å². The Morgan fingerprint density at radius 3 is 2.88 bits per heavy atom. The molecule has 0 saturated carbocycles. The van der Waals surface area contributed by atoms with E-state index in [0.717, 1.165) is 39.0 Å². The summed E-state index contributed by atoms with van der Waals surface area (Å²) < 4.78 is 0. The van der Waals surface area contributed by atoms with E-state index >= 15 is 0 Å². The Balaban J connectivity index is 2.38. The number of amides is 1. The molecule has 1 atom stereocenters. The molecule has 0 radical (unpaired) electrons. The Hall–Kier alpha value is -0.870. The summed E-state index contributed by atoms with van der Waals surface area (Å²) in [7, 11) is 3.63. The number of carbonyl (C=O) groups is 1. The number of rotatable bonds is 5. The molecule has 0 aromatic carbocycles. The molecule has 1 fully saturated rings. The molecule has 1 aliphatic heterocycles. The molecule has 0 aliphatic carbocycles. The second-order valence-corrected chi connectivity index (χ2v) is 4.47. The van der Waals surface area contributed by atoms with Crippen LogP contribution in [0.4, 0.5) is 0 Å². The Morgan fingerprint density at radius 2 is 2.25 bits per heavy atom. The lowest BCUT2D eigenvalue weighted by atomic mass is 9.97. The first-order valence-electron chi connectivity index (χ1n) is 5.92. The van der Waals surface area contributed by atoms with Crippen LogP contribution in [0.2, 0.25) is 0 Å². The number of nitrogens with zero attached hydrogens (tertiary/aromatic N) is 1. The summed E-state index contributed by atoms with van der Waals surface area (Å²) in [6.45, 7) is 7.71. The molecule has 1 amide bonds. The molecule has 1 aliphatic rings. The number of piperidine rings is 1. The van der Waals surface area contributed by atoms with Crippen LogP contribution in [0.3, 0.4) is 0 Å². The number of carbonyl (C=O) groups excluding carboxylic acids is 1. The second kappa shape index (κ2) is 6.66. The third kappa shape index (κ3) is 3.94. The average molecular weight is 225 g/mol. The first-order valence-corrected chi connectivity index (χ1v) is 5.92. The molecule has 0 aromatic rings. The molecule has 4 heteroatoms. The highest BCUT2D eigenvalue weighted by Crippen LogP contribution is 2.17. The third-order valence-electron chi connectivity index (χ3n) is 3.00. The smallest absolute Gasteiger partial charge is 0.224 e. The van der Waals surface area contributed by atoms with Crippen molar-refractivity contribution in [3.05, 3.63) is 12.2 Å². The van der Waals surface area contributed by atoms with Crippen molar-refractivity contribution in [2.45, 2.75) is 12.8 Å². The van der Waals surface area contributed by atoms with Gasteiger partial charge in [0.15, 0.2) is 0 Å². The number of likely N-dealkylation sites (tertiary alicyclic amines) is 1. The quantitative estimate of drug-likeness (QED) is 0.658. The molecular formula is C12H23N3O. The van der Waals surface area contributed by atoms with Gasteiger partial charge in [-0.25, -0.2) is 0 Å². The Morgan fingerprint density at radius 1 is 1.50 bits per heavy atom. The number of hydrogen-bond donors (Lipinski definition) is 2. The maximum atomic E-state index is 11.6. The molecule has 2 N–H and O–H groups in total. The molecule has 1 unspecified atom stereocenters. The SMILES string of the molecule is C=C(CNC)CN1CCCC(C(=O)NC)C1. The molecule has 1 rings (SSSR count). The van der Waals surface area contributed by atoms with Crippen LogP contribution in [0.1, 0.15) is 12.8 Å². The monoisotopic (exact) mass is 225 g/mol. The van der Waals surface area contributed by atoms with E-state index < -0.39 is 0 Å². The zero-order valence-corrected chi connectivity index (χ0v) is 10.4. The van der Waals surface area contributed by atoms with Crippen LogP contribution >= 0.6 is 0 Å². The van der Waals surface area contributed by atoms with Crippen molar-refractivity contribution >= 4 is 5.91 Å². The topological polar surface area (TPSA) is 44.4 Å². The largest absolute Gasteiger partial charge is 0.359 e. The molecule has 92 valence electrons. The van der Waals surface area contributed by atoms with Gasteiger partial charge in [0.2, 0.25) is 5.91 Å². The minimum atomic E-state index is 0.154. The zero-order valence-electron chi connectivity index (χ0n) is 10.4. The van der Waals surface area contributed by atoms with Gasteiger partial charge in [0.1, 0.15) is 0 Å². The minimum absolute atomic E-state index is 0.154. The highest BCUT2D eigenvalue weighted by atomic mass is 16.1. The highest BCUT2D eigenvalue weighted by Gasteiger charge is 2.24. The normalized spacial score (nSPS) is 21.8. The van der Waals surface area contributed by atoms with Gasteiger partial charge in [-0.2, -0.15) is 0 Å². The summed E-state index contributed by atoms with van der Waals surface area (Å²) in [6, 6.07) is 0. The maximum absolute atomic E-state index is 11.6. The fraction of sp³-hybridized carbons (Fsp3) is 0.750. The minimum Gasteiger partial charge on any atom is -0.359 e. The van der Waals surface area contributed by atoms with Crippen molar-refractivity contribution in [2.75, 3.05) is 40.3 Å². The van der Waals surface area contributed by atoms with Crippen LogP contribution in [0.25, 0.3) is 0 Å². The summed E-state index contributed by atoms with van der Waals surface area (Å²) in [4.78, 5) is 13.9. The second-order valence-electron chi connectivity index (χ2n) is 4.47. The maximum Gasteiger partial charge on any atom is 0.224 e. The summed E-state index contributed by atoms with van der Waals surface area (Å²) in [5.41, 5.74) is 1.18. The lowest BCUT2D eigenvalue weighted by Gasteiger charge is -2.32. The predicted molar refractivity (Wildman–Crippen MR) is 66.3 cm³/mol. The Labute approximate surface area is 98.1 Å². The van der Waals surface area contributed by atoms with Crippen molar-refractivity contribution in [2.24, 2.45) is 5.92 Å². The fourth-order valence-corrected chi connectivity index (χ4v) is 2.24. The van der Waals surface area contributed by atoms with Gasteiger partial charge in [-0.3, -0.25) is 9.69 Å². The van der Waals surface area contributed by atoms with Crippen molar-refractivity contribution < 1.29 is 4.79 Å². The van der Waals surface area contributed by atoms with E-state index in [9.17, 15) is 4.79 Å². The molecule has 0 aromatic heterocycles. The Kier molecular flexibility index (Phi) is 5.49. The van der Waals surface area contributed by atoms with Crippen LogP contribution in [-0.4, -0.2) is 51.1 Å². The van der Waals surface area contributed by atoms with Gasteiger partial charge >= 0.3 is 0 Å². The van der Waals surface area contributed by atoms with Gasteiger partial charge in [0, 0.05) is 26.7 Å². The van der Waals surface area contributed by atoms with Crippen molar-refractivity contribution in [3.8, 4) is 0 Å². The predicted octanol–water partition coefficient (Wildman–Crippen LogP) is 0.220. The van der Waals surface area contributed by atoms with E-state index in [-0.39, 0.29) is 11.8 Å². The van der Waals surface area contributed by atoms with Gasteiger partial charge in [-0.05, 0) is 32.0 Å². The van der Waals surface area contributed by atoms with Crippen LogP contribution < -0.4 is 10.6 Å². The lowest BCUT2D eigenvalue weighted by molar-refractivity contribution is -0.126. The molecule has 4 nitrogen and oxygen atoms in total. The zero-order chi connectivity index (χ0) is 12.0. The van der Waals surface area contributed by atoms with Gasteiger partial charge in [-0.1, -0.05) is 6.58 Å². The third-order valence-corrected chi connectivity index (χ3v) is 3.00. The summed E-state index contributed by atoms with van der Waals surface area (Å²) in [5, 5.41) is 5.83. The van der Waals surface area contributed by atoms with Gasteiger partial charge in [0.25, 0.3) is 0 Å².